The smallest absolute Gasteiger partial charge is 1.00 e. The summed E-state index contributed by atoms with van der Waals surface area (Å²) in [5.41, 5.74) is 0. The van der Waals surface area contributed by atoms with E-state index in [1.54, 1.807) is 0 Å². The van der Waals surface area contributed by atoms with Crippen LogP contribution in [0.25, 0.3) is 0 Å². The van der Waals surface area contributed by atoms with Gasteiger partial charge in [0.2, 0.25) is 0 Å². The fourth-order valence-corrected chi connectivity index (χ4v) is 0. The molecular formula is H11AlGeLiO4P. The molecule has 0 aromatic carbocycles. The normalized spacial score (nSPS) is 7.38. The molecule has 0 rings (SSSR count). The summed E-state index contributed by atoms with van der Waals surface area (Å²) in [6, 6.07) is 0. The molecule has 0 spiro atoms. The summed E-state index contributed by atoms with van der Waals surface area (Å²) >= 11 is 0. The van der Waals surface area contributed by atoms with Gasteiger partial charge in [-0.3, -0.25) is 0 Å². The van der Waals surface area contributed by atoms with E-state index in [2.05, 4.69) is 0 Å². The molecule has 48 valence electrons. The number of rotatable bonds is 0. The van der Waals surface area contributed by atoms with Gasteiger partial charge in [-0.2, -0.15) is 0 Å². The molecule has 0 bridgehead atoms. The van der Waals surface area contributed by atoms with E-state index in [-0.39, 0.29) is 55.2 Å². The fraction of sp³-hybridized carbons (Fsp3) is 0. The van der Waals surface area contributed by atoms with Crippen LogP contribution in [0.3, 0.4) is 0 Å². The van der Waals surface area contributed by atoms with Crippen molar-refractivity contribution in [2.45, 2.75) is 0 Å². The van der Waals surface area contributed by atoms with Gasteiger partial charge in [-0.15, -0.1) is 0 Å². The summed E-state index contributed by atoms with van der Waals surface area (Å²) in [6.07, 6.45) is 0. The molecule has 0 aliphatic carbocycles. The molecule has 0 atom stereocenters. The molecule has 0 heterocycles. The van der Waals surface area contributed by atoms with Gasteiger partial charge in [0.1, 0.15) is 0 Å². The summed E-state index contributed by atoms with van der Waals surface area (Å²) < 4.78 is 8.88. The van der Waals surface area contributed by atoms with Gasteiger partial charge in [0, 0.05) is 0 Å². The van der Waals surface area contributed by atoms with E-state index in [1.165, 1.54) is 0 Å². The summed E-state index contributed by atoms with van der Waals surface area (Å²) in [5.74, 6) is 0. The molecule has 0 amide bonds. The first-order valence-electron chi connectivity index (χ1n) is 0.783. The van der Waals surface area contributed by atoms with Crippen LogP contribution in [0.4, 0.5) is 0 Å². The molecule has 0 saturated carbocycles. The molecule has 0 fully saturated rings. The van der Waals surface area contributed by atoms with Crippen LogP contribution in [0.5, 0.6) is 0 Å². The molecule has 3 N–H and O–H groups in total. The van der Waals surface area contributed by atoms with Crippen LogP contribution < -0.4 is 18.9 Å². The predicted molar refractivity (Wildman–Crippen MR) is 36.6 cm³/mol. The van der Waals surface area contributed by atoms with Crippen molar-refractivity contribution < 1.29 is 39.5 Å². The Morgan fingerprint density at radius 2 is 1.25 bits per heavy atom. The van der Waals surface area contributed by atoms with Crippen molar-refractivity contribution in [3.05, 3.63) is 0 Å². The first-order chi connectivity index (χ1) is 2.00. The van der Waals surface area contributed by atoms with Crippen LogP contribution in [0.15, 0.2) is 0 Å². The van der Waals surface area contributed by atoms with Crippen LogP contribution in [0, 0.1) is 0 Å². The number of hydrogen-bond donors (Lipinski definition) is 3. The summed E-state index contributed by atoms with van der Waals surface area (Å²) in [7, 11) is -4.64. The molecule has 0 aliphatic heterocycles. The van der Waals surface area contributed by atoms with Crippen molar-refractivity contribution in [1.29, 1.82) is 0 Å². The average Bonchev–Trinajstić information content (AvgIpc) is 0.722. The third-order valence-electron chi connectivity index (χ3n) is 0. The van der Waals surface area contributed by atoms with E-state index in [4.69, 9.17) is 19.2 Å². The molecule has 0 aromatic rings. The molecular weight excluding hydrogens is 202 g/mol. The first-order valence-corrected chi connectivity index (χ1v) is 2.35. The van der Waals surface area contributed by atoms with Crippen LogP contribution in [0.2, 0.25) is 0 Å². The minimum Gasteiger partial charge on any atom is -1.00 e. The molecule has 8 heavy (non-hydrogen) atoms. The van der Waals surface area contributed by atoms with Crippen molar-refractivity contribution in [3.8, 4) is 0 Å². The van der Waals surface area contributed by atoms with E-state index in [0.717, 1.165) is 0 Å². The Morgan fingerprint density at radius 1 is 1.25 bits per heavy atom. The van der Waals surface area contributed by atoms with Crippen molar-refractivity contribution >= 4 is 42.8 Å². The minimum atomic E-state index is -4.64. The average molecular weight is 213 g/mol. The molecule has 0 saturated heterocycles. The van der Waals surface area contributed by atoms with Gasteiger partial charge in [-0.1, -0.05) is 0 Å². The zero-order valence-electron chi connectivity index (χ0n) is 4.20. The standard InChI is InChI=1S/Al.GeH4.Li.H3O4P.4H/c;;;1-5(2,3)4;;;;/h;1H4;;(H3,1,2,3,4);;;;/q;;+1;;;;;-1. The Kier molecular flexibility index (Phi) is 24.8. The van der Waals surface area contributed by atoms with Crippen molar-refractivity contribution in [3.63, 3.8) is 0 Å². The Hall–Kier alpha value is 1.78. The van der Waals surface area contributed by atoms with Crippen LogP contribution in [-0.2, 0) is 4.57 Å². The quantitative estimate of drug-likeness (QED) is 0.276. The topological polar surface area (TPSA) is 77.8 Å². The van der Waals surface area contributed by atoms with Crippen LogP contribution in [-0.4, -0.2) is 49.6 Å². The molecule has 4 nitrogen and oxygen atoms in total. The van der Waals surface area contributed by atoms with Crippen LogP contribution in [0.1, 0.15) is 1.43 Å². The van der Waals surface area contributed by atoms with E-state index in [9.17, 15) is 0 Å². The van der Waals surface area contributed by atoms with Gasteiger partial charge >= 0.3 is 44.3 Å². The third-order valence-corrected chi connectivity index (χ3v) is 0. The maximum absolute atomic E-state index is 8.88. The maximum atomic E-state index is 8.88. The zero-order valence-corrected chi connectivity index (χ0v) is 4.09. The Balaban J connectivity index is -0.0000000133. The maximum Gasteiger partial charge on any atom is 1.00 e. The van der Waals surface area contributed by atoms with Gasteiger partial charge in [0.15, 0.2) is 17.4 Å². The van der Waals surface area contributed by atoms with Crippen molar-refractivity contribution in [2.24, 2.45) is 0 Å². The number of phosphoric acid groups is 1. The molecule has 0 aromatic heterocycles. The van der Waals surface area contributed by atoms with Gasteiger partial charge in [-0.05, 0) is 0 Å². The predicted octanol–water partition coefficient (Wildman–Crippen LogP) is -6.45. The third kappa shape index (κ3) is 113. The van der Waals surface area contributed by atoms with Crippen molar-refractivity contribution in [2.75, 3.05) is 0 Å². The van der Waals surface area contributed by atoms with Crippen LogP contribution >= 0.6 is 7.82 Å². The molecule has 0 unspecified atom stereocenters. The van der Waals surface area contributed by atoms with E-state index in [0.29, 0.717) is 0 Å². The number of hydrogen-bond acceptors (Lipinski definition) is 1. The Labute approximate surface area is 82.1 Å². The Bertz CT molecular complexity index is 66.7. The first kappa shape index (κ1) is 22.6. The second-order valence-electron chi connectivity index (χ2n) is 0.513. The molecule has 8 heteroatoms. The van der Waals surface area contributed by atoms with Gasteiger partial charge in [0.05, 0.1) is 0 Å². The molecule has 0 aliphatic rings. The van der Waals surface area contributed by atoms with Gasteiger partial charge in [0.25, 0.3) is 0 Å². The molecule has 0 radical (unpaired) electrons. The largest absolute Gasteiger partial charge is 1.00 e. The van der Waals surface area contributed by atoms with Gasteiger partial charge < -0.3 is 16.1 Å². The van der Waals surface area contributed by atoms with E-state index < -0.39 is 7.82 Å². The summed E-state index contributed by atoms with van der Waals surface area (Å²) in [5, 5.41) is 0. The zero-order chi connectivity index (χ0) is 4.50. The van der Waals surface area contributed by atoms with Crippen molar-refractivity contribution in [1.82, 2.24) is 0 Å². The second-order valence-corrected chi connectivity index (χ2v) is 1.54. The minimum absolute atomic E-state index is 0. The van der Waals surface area contributed by atoms with E-state index >= 15 is 0 Å². The fourth-order valence-electron chi connectivity index (χ4n) is 0. The Morgan fingerprint density at radius 3 is 1.25 bits per heavy atom. The monoisotopic (exact) mass is 214 g/mol. The summed E-state index contributed by atoms with van der Waals surface area (Å²) in [6.45, 7) is 0. The second kappa shape index (κ2) is 8.78. The SMILES string of the molecule is O=P(O)(O)O.[AlH3].[GeH4].[H-].[Li+]. The van der Waals surface area contributed by atoms with E-state index in [1.807, 2.05) is 0 Å². The summed E-state index contributed by atoms with van der Waals surface area (Å²) in [4.78, 5) is 21.6. The van der Waals surface area contributed by atoms with Gasteiger partial charge in [-0.25, -0.2) is 4.57 Å².